The van der Waals surface area contributed by atoms with Crippen molar-refractivity contribution in [2.24, 2.45) is 11.7 Å². The summed E-state index contributed by atoms with van der Waals surface area (Å²) in [4.78, 5) is 0. The highest BCUT2D eigenvalue weighted by molar-refractivity contribution is 9.10. The number of nitrogens with two attached hydrogens (primary N) is 1. The van der Waals surface area contributed by atoms with Crippen LogP contribution in [-0.4, -0.2) is 6.04 Å². The van der Waals surface area contributed by atoms with Crippen molar-refractivity contribution in [3.8, 4) is 0 Å². The lowest BCUT2D eigenvalue weighted by Gasteiger charge is -2.32. The second kappa shape index (κ2) is 11.8. The minimum atomic E-state index is 0.454. The Bertz CT molecular complexity index is 724. The molecule has 3 rings (SSSR count). The van der Waals surface area contributed by atoms with E-state index in [0.29, 0.717) is 12.0 Å². The summed E-state index contributed by atoms with van der Waals surface area (Å²) in [6.45, 7) is 8.89. The van der Waals surface area contributed by atoms with Crippen LogP contribution in [0, 0.1) is 12.8 Å². The molecule has 0 bridgehead atoms. The van der Waals surface area contributed by atoms with E-state index in [1.807, 2.05) is 0 Å². The number of fused-ring (bicyclic) bond motifs is 1. The fourth-order valence-corrected chi connectivity index (χ4v) is 4.71. The topological polar surface area (TPSA) is 26.0 Å². The Morgan fingerprint density at radius 3 is 2.57 bits per heavy atom. The van der Waals surface area contributed by atoms with Crippen molar-refractivity contribution in [3.05, 3.63) is 69.2 Å². The zero-order chi connectivity index (χ0) is 20.5. The largest absolute Gasteiger partial charge is 0.328 e. The average molecular weight is 445 g/mol. The van der Waals surface area contributed by atoms with Crippen LogP contribution in [0.5, 0.6) is 0 Å². The summed E-state index contributed by atoms with van der Waals surface area (Å²) in [6, 6.07) is 16.2. The smallest absolute Gasteiger partial charge is 0.0210 e. The van der Waals surface area contributed by atoms with E-state index in [-0.39, 0.29) is 0 Å². The molecule has 0 saturated carbocycles. The first-order valence-electron chi connectivity index (χ1n) is 11.0. The van der Waals surface area contributed by atoms with Gasteiger partial charge in [-0.2, -0.15) is 0 Å². The molecule has 3 atom stereocenters. The van der Waals surface area contributed by atoms with Crippen molar-refractivity contribution >= 4 is 15.9 Å². The first kappa shape index (κ1) is 23.2. The van der Waals surface area contributed by atoms with Gasteiger partial charge in [-0.15, -0.1) is 0 Å². The quantitative estimate of drug-likeness (QED) is 0.488. The van der Waals surface area contributed by atoms with E-state index in [4.69, 9.17) is 5.73 Å². The molecular formula is C26H38BrN. The van der Waals surface area contributed by atoms with Crippen molar-refractivity contribution in [2.75, 3.05) is 0 Å². The SMILES string of the molecule is CCCCC(N)CC.Cc1ccc(C[C@H]2c3ccccc3CCC2C)c(Br)c1. The molecule has 0 radical (unpaired) electrons. The molecule has 2 aromatic carbocycles. The van der Waals surface area contributed by atoms with Crippen molar-refractivity contribution in [1.82, 2.24) is 0 Å². The maximum Gasteiger partial charge on any atom is 0.0210 e. The third-order valence-corrected chi connectivity index (χ3v) is 6.85. The zero-order valence-electron chi connectivity index (χ0n) is 18.2. The third kappa shape index (κ3) is 6.74. The first-order chi connectivity index (χ1) is 13.5. The fourth-order valence-electron chi connectivity index (χ4n) is 4.05. The van der Waals surface area contributed by atoms with Crippen molar-refractivity contribution in [1.29, 1.82) is 0 Å². The summed E-state index contributed by atoms with van der Waals surface area (Å²) < 4.78 is 1.26. The molecule has 154 valence electrons. The van der Waals surface area contributed by atoms with Gasteiger partial charge in [-0.05, 0) is 79.2 Å². The lowest BCUT2D eigenvalue weighted by molar-refractivity contribution is 0.400. The molecule has 0 amide bonds. The normalized spacial score (nSPS) is 19.4. The fraction of sp³-hybridized carbons (Fsp3) is 0.538. The number of halogens is 1. The summed E-state index contributed by atoms with van der Waals surface area (Å²) in [7, 11) is 0. The van der Waals surface area contributed by atoms with E-state index in [1.165, 1.54) is 47.7 Å². The van der Waals surface area contributed by atoms with Gasteiger partial charge in [-0.1, -0.05) is 85.9 Å². The molecule has 0 saturated heterocycles. The standard InChI is InChI=1S/C19H21Br.C7H17N/c1-13-7-9-16(19(20)11-13)12-18-14(2)8-10-15-5-3-4-6-17(15)18;1-3-5-6-7(8)4-2/h3-7,9,11,14,18H,8,10,12H2,1-2H3;7H,3-6,8H2,1-2H3/t14?,18-;/m1./s1. The Labute approximate surface area is 181 Å². The van der Waals surface area contributed by atoms with Crippen LogP contribution < -0.4 is 5.73 Å². The molecule has 1 aliphatic rings. The van der Waals surface area contributed by atoms with Crippen LogP contribution >= 0.6 is 15.9 Å². The van der Waals surface area contributed by atoms with Crippen LogP contribution in [-0.2, 0) is 12.8 Å². The van der Waals surface area contributed by atoms with Gasteiger partial charge in [0.15, 0.2) is 0 Å². The first-order valence-corrected chi connectivity index (χ1v) is 11.8. The molecule has 2 N–H and O–H groups in total. The van der Waals surface area contributed by atoms with Gasteiger partial charge in [0.05, 0.1) is 0 Å². The minimum Gasteiger partial charge on any atom is -0.328 e. The van der Waals surface area contributed by atoms with E-state index in [2.05, 4.69) is 86.1 Å². The van der Waals surface area contributed by atoms with Gasteiger partial charge >= 0.3 is 0 Å². The summed E-state index contributed by atoms with van der Waals surface area (Å²) in [5.41, 5.74) is 11.5. The third-order valence-electron chi connectivity index (χ3n) is 6.11. The lowest BCUT2D eigenvalue weighted by atomic mass is 9.73. The molecule has 1 aliphatic carbocycles. The number of aryl methyl sites for hydroxylation is 2. The Morgan fingerprint density at radius 2 is 1.89 bits per heavy atom. The van der Waals surface area contributed by atoms with Gasteiger partial charge in [0.1, 0.15) is 0 Å². The predicted molar refractivity (Wildman–Crippen MR) is 127 cm³/mol. The van der Waals surface area contributed by atoms with Gasteiger partial charge in [0.25, 0.3) is 0 Å². The highest BCUT2D eigenvalue weighted by Crippen LogP contribution is 2.39. The zero-order valence-corrected chi connectivity index (χ0v) is 19.8. The lowest BCUT2D eigenvalue weighted by Crippen LogP contribution is -2.20. The van der Waals surface area contributed by atoms with Gasteiger partial charge in [0, 0.05) is 10.5 Å². The summed E-state index contributed by atoms with van der Waals surface area (Å²) in [6.07, 6.45) is 8.57. The van der Waals surface area contributed by atoms with Crippen molar-refractivity contribution in [2.45, 2.75) is 84.6 Å². The molecule has 0 fully saturated rings. The molecule has 0 aliphatic heterocycles. The minimum absolute atomic E-state index is 0.454. The number of benzene rings is 2. The van der Waals surface area contributed by atoms with Crippen molar-refractivity contribution < 1.29 is 0 Å². The van der Waals surface area contributed by atoms with Crippen LogP contribution in [0.3, 0.4) is 0 Å². The summed E-state index contributed by atoms with van der Waals surface area (Å²) in [5, 5.41) is 0. The van der Waals surface area contributed by atoms with Crippen LogP contribution in [0.4, 0.5) is 0 Å². The van der Waals surface area contributed by atoms with E-state index in [0.717, 1.165) is 18.8 Å². The highest BCUT2D eigenvalue weighted by Gasteiger charge is 2.26. The van der Waals surface area contributed by atoms with E-state index < -0.39 is 0 Å². The number of hydrogen-bond acceptors (Lipinski definition) is 1. The second-order valence-corrected chi connectivity index (χ2v) is 9.29. The monoisotopic (exact) mass is 443 g/mol. The van der Waals surface area contributed by atoms with Crippen LogP contribution in [0.15, 0.2) is 46.9 Å². The second-order valence-electron chi connectivity index (χ2n) is 8.43. The molecule has 0 aromatic heterocycles. The summed E-state index contributed by atoms with van der Waals surface area (Å²) >= 11 is 3.73. The molecule has 0 heterocycles. The van der Waals surface area contributed by atoms with Gasteiger partial charge < -0.3 is 5.73 Å². The van der Waals surface area contributed by atoms with E-state index in [9.17, 15) is 0 Å². The Hall–Kier alpha value is -1.12. The van der Waals surface area contributed by atoms with Crippen molar-refractivity contribution in [3.63, 3.8) is 0 Å². The Balaban J connectivity index is 0.000000300. The van der Waals surface area contributed by atoms with Crippen LogP contribution in [0.25, 0.3) is 0 Å². The maximum atomic E-state index is 5.66. The molecule has 2 unspecified atom stereocenters. The predicted octanol–water partition coefficient (Wildman–Crippen LogP) is 7.58. The highest BCUT2D eigenvalue weighted by atomic mass is 79.9. The Kier molecular flexibility index (Phi) is 9.74. The molecule has 2 heteroatoms. The Morgan fingerprint density at radius 1 is 1.14 bits per heavy atom. The average Bonchev–Trinajstić information content (AvgIpc) is 2.70. The van der Waals surface area contributed by atoms with Crippen LogP contribution in [0.2, 0.25) is 0 Å². The number of rotatable bonds is 6. The van der Waals surface area contributed by atoms with Gasteiger partial charge in [-0.3, -0.25) is 0 Å². The van der Waals surface area contributed by atoms with E-state index in [1.54, 1.807) is 11.1 Å². The molecule has 1 nitrogen and oxygen atoms in total. The van der Waals surface area contributed by atoms with Crippen LogP contribution in [0.1, 0.15) is 81.0 Å². The molecular weight excluding hydrogens is 406 g/mol. The summed E-state index contributed by atoms with van der Waals surface area (Å²) in [5.74, 6) is 1.41. The van der Waals surface area contributed by atoms with Gasteiger partial charge in [0.2, 0.25) is 0 Å². The van der Waals surface area contributed by atoms with Gasteiger partial charge in [-0.25, -0.2) is 0 Å². The molecule has 2 aromatic rings. The number of hydrogen-bond donors (Lipinski definition) is 1. The number of unbranched alkanes of at least 4 members (excludes halogenated alkanes) is 1. The maximum absolute atomic E-state index is 5.66. The molecule has 0 spiro atoms. The molecule has 28 heavy (non-hydrogen) atoms. The van der Waals surface area contributed by atoms with E-state index >= 15 is 0 Å².